The van der Waals surface area contributed by atoms with Crippen molar-refractivity contribution in [3.63, 3.8) is 0 Å². The lowest BCUT2D eigenvalue weighted by atomic mass is 10.0. The van der Waals surface area contributed by atoms with Gasteiger partial charge in [-0.2, -0.15) is 5.26 Å². The normalized spacial score (nSPS) is 18.0. The summed E-state index contributed by atoms with van der Waals surface area (Å²) in [6.45, 7) is 2.94. The molecule has 0 bridgehead atoms. The highest BCUT2D eigenvalue weighted by molar-refractivity contribution is 5.42. The number of benzene rings is 1. The minimum Gasteiger partial charge on any atom is -0.355 e. The summed E-state index contributed by atoms with van der Waals surface area (Å²) in [5.41, 5.74) is 1.83. The molecule has 0 N–H and O–H groups in total. The number of anilines is 1. The zero-order chi connectivity index (χ0) is 16.1. The van der Waals surface area contributed by atoms with E-state index in [1.807, 2.05) is 12.1 Å². The van der Waals surface area contributed by atoms with Gasteiger partial charge >= 0.3 is 0 Å². The maximum Gasteiger partial charge on any atom is 0.142 e. The van der Waals surface area contributed by atoms with Crippen LogP contribution in [0.3, 0.4) is 0 Å². The molecule has 2 aromatic rings. The molecule has 1 fully saturated rings. The van der Waals surface area contributed by atoms with Gasteiger partial charge in [-0.05, 0) is 37.6 Å². The van der Waals surface area contributed by atoms with E-state index in [0.29, 0.717) is 11.7 Å². The van der Waals surface area contributed by atoms with Crippen LogP contribution in [0.15, 0.2) is 48.5 Å². The van der Waals surface area contributed by atoms with E-state index >= 15 is 0 Å². The van der Waals surface area contributed by atoms with Crippen LogP contribution in [0.4, 0.5) is 5.82 Å². The molecule has 1 atom stereocenters. The van der Waals surface area contributed by atoms with Gasteiger partial charge in [-0.25, -0.2) is 4.98 Å². The largest absolute Gasteiger partial charge is 0.355 e. The van der Waals surface area contributed by atoms with Crippen molar-refractivity contribution in [2.24, 2.45) is 0 Å². The van der Waals surface area contributed by atoms with Gasteiger partial charge in [0.25, 0.3) is 0 Å². The average Bonchev–Trinajstić information content (AvgIpc) is 2.63. The Morgan fingerprint density at radius 3 is 2.83 bits per heavy atom. The first-order valence-corrected chi connectivity index (χ1v) is 8.12. The third-order valence-electron chi connectivity index (χ3n) is 4.47. The third kappa shape index (κ3) is 3.88. The number of rotatable bonds is 4. The molecule has 23 heavy (non-hydrogen) atoms. The molecular formula is C19H22N4. The second-order valence-corrected chi connectivity index (χ2v) is 6.14. The monoisotopic (exact) mass is 306 g/mol. The minimum absolute atomic E-state index is 0.488. The zero-order valence-corrected chi connectivity index (χ0v) is 13.5. The molecule has 0 amide bonds. The number of nitriles is 1. The molecule has 1 aliphatic heterocycles. The molecule has 3 rings (SSSR count). The highest BCUT2D eigenvalue weighted by atomic mass is 15.2. The summed E-state index contributed by atoms with van der Waals surface area (Å²) in [5.74, 6) is 0.918. The molecule has 2 heterocycles. The average molecular weight is 306 g/mol. The Morgan fingerprint density at radius 2 is 2.04 bits per heavy atom. The second-order valence-electron chi connectivity index (χ2n) is 6.14. The number of piperidine rings is 1. The molecule has 118 valence electrons. The first kappa shape index (κ1) is 15.5. The fourth-order valence-electron chi connectivity index (χ4n) is 3.18. The molecule has 1 saturated heterocycles. The van der Waals surface area contributed by atoms with Gasteiger partial charge in [0.2, 0.25) is 0 Å². The molecule has 4 heteroatoms. The van der Waals surface area contributed by atoms with Crippen molar-refractivity contribution >= 4 is 5.82 Å². The fraction of sp³-hybridized carbons (Fsp3) is 0.368. The molecule has 1 aliphatic rings. The molecule has 0 radical (unpaired) electrons. The van der Waals surface area contributed by atoms with Gasteiger partial charge in [0.1, 0.15) is 17.6 Å². The molecular weight excluding hydrogens is 284 g/mol. The Bertz CT molecular complexity index is 677. The zero-order valence-electron chi connectivity index (χ0n) is 13.5. The van der Waals surface area contributed by atoms with E-state index in [4.69, 9.17) is 5.26 Å². The van der Waals surface area contributed by atoms with Crippen molar-refractivity contribution in [3.8, 4) is 6.07 Å². The topological polar surface area (TPSA) is 43.2 Å². The van der Waals surface area contributed by atoms with E-state index < -0.39 is 0 Å². The van der Waals surface area contributed by atoms with Crippen LogP contribution in [0.1, 0.15) is 24.1 Å². The number of aromatic nitrogens is 1. The number of hydrogen-bond acceptors (Lipinski definition) is 4. The number of hydrogen-bond donors (Lipinski definition) is 0. The smallest absolute Gasteiger partial charge is 0.142 e. The molecule has 4 nitrogen and oxygen atoms in total. The standard InChI is InChI=1S/C19H22N4/c1-22(14-16-7-3-2-4-8-16)18-10-6-12-23(15-18)19-11-5-9-17(13-20)21-19/h2-5,7-9,11,18H,6,10,12,14-15H2,1H3/t18-/m1/s1. The van der Waals surface area contributed by atoms with Crippen LogP contribution in [0.25, 0.3) is 0 Å². The van der Waals surface area contributed by atoms with E-state index in [0.717, 1.165) is 31.9 Å². The van der Waals surface area contributed by atoms with Crippen molar-refractivity contribution in [2.75, 3.05) is 25.0 Å². The van der Waals surface area contributed by atoms with Crippen LogP contribution in [0.5, 0.6) is 0 Å². The van der Waals surface area contributed by atoms with Crippen LogP contribution in [-0.4, -0.2) is 36.1 Å². The summed E-state index contributed by atoms with van der Waals surface area (Å²) in [6, 6.07) is 18.9. The van der Waals surface area contributed by atoms with Gasteiger partial charge in [-0.1, -0.05) is 36.4 Å². The van der Waals surface area contributed by atoms with Crippen LogP contribution >= 0.6 is 0 Å². The number of likely N-dealkylation sites (N-methyl/N-ethyl adjacent to an activating group) is 1. The molecule has 0 unspecified atom stereocenters. The second kappa shape index (κ2) is 7.26. The van der Waals surface area contributed by atoms with Crippen molar-refractivity contribution in [3.05, 3.63) is 59.8 Å². The highest BCUT2D eigenvalue weighted by Crippen LogP contribution is 2.21. The van der Waals surface area contributed by atoms with Gasteiger partial charge in [0.05, 0.1) is 0 Å². The summed E-state index contributed by atoms with van der Waals surface area (Å²) in [7, 11) is 2.19. The van der Waals surface area contributed by atoms with Crippen molar-refractivity contribution in [1.82, 2.24) is 9.88 Å². The van der Waals surface area contributed by atoms with Crippen molar-refractivity contribution in [1.29, 1.82) is 5.26 Å². The first-order chi connectivity index (χ1) is 11.3. The summed E-state index contributed by atoms with van der Waals surface area (Å²) in [4.78, 5) is 9.17. The molecule has 1 aromatic heterocycles. The predicted molar refractivity (Wildman–Crippen MR) is 92.1 cm³/mol. The SMILES string of the molecule is CN(Cc1ccccc1)[C@@H]1CCCN(c2cccc(C#N)n2)C1. The van der Waals surface area contributed by atoms with Crippen LogP contribution < -0.4 is 4.90 Å². The Labute approximate surface area is 138 Å². The van der Waals surface area contributed by atoms with Gasteiger partial charge < -0.3 is 4.90 Å². The van der Waals surface area contributed by atoms with E-state index in [9.17, 15) is 0 Å². The van der Waals surface area contributed by atoms with Crippen molar-refractivity contribution < 1.29 is 0 Å². The quantitative estimate of drug-likeness (QED) is 0.871. The lowest BCUT2D eigenvalue weighted by Crippen LogP contribution is -2.46. The Hall–Kier alpha value is -2.38. The fourth-order valence-corrected chi connectivity index (χ4v) is 3.18. The number of pyridine rings is 1. The van der Waals surface area contributed by atoms with Crippen LogP contribution in [0.2, 0.25) is 0 Å². The summed E-state index contributed by atoms with van der Waals surface area (Å²) >= 11 is 0. The maximum absolute atomic E-state index is 9.03. The van der Waals surface area contributed by atoms with Gasteiger partial charge in [-0.3, -0.25) is 4.90 Å². The Morgan fingerprint density at radius 1 is 1.22 bits per heavy atom. The van der Waals surface area contributed by atoms with Crippen molar-refractivity contribution in [2.45, 2.75) is 25.4 Å². The highest BCUT2D eigenvalue weighted by Gasteiger charge is 2.24. The van der Waals surface area contributed by atoms with E-state index in [1.54, 1.807) is 6.07 Å². The van der Waals surface area contributed by atoms with E-state index in [-0.39, 0.29) is 0 Å². The Balaban J connectivity index is 1.67. The van der Waals surface area contributed by atoms with Gasteiger partial charge in [-0.15, -0.1) is 0 Å². The van der Waals surface area contributed by atoms with Gasteiger partial charge in [0, 0.05) is 25.7 Å². The van der Waals surface area contributed by atoms with Crippen LogP contribution in [-0.2, 0) is 6.54 Å². The number of nitrogens with zero attached hydrogens (tertiary/aromatic N) is 4. The van der Waals surface area contributed by atoms with Crippen LogP contribution in [0, 0.1) is 11.3 Å². The van der Waals surface area contributed by atoms with Gasteiger partial charge in [0.15, 0.2) is 0 Å². The molecule has 0 saturated carbocycles. The minimum atomic E-state index is 0.488. The summed E-state index contributed by atoms with van der Waals surface area (Å²) in [6.07, 6.45) is 2.36. The summed E-state index contributed by atoms with van der Waals surface area (Å²) in [5, 5.41) is 9.03. The molecule has 0 spiro atoms. The predicted octanol–water partition coefficient (Wildman–Crippen LogP) is 3.05. The first-order valence-electron chi connectivity index (χ1n) is 8.12. The maximum atomic E-state index is 9.03. The van der Waals surface area contributed by atoms with E-state index in [2.05, 4.69) is 58.2 Å². The molecule has 1 aromatic carbocycles. The summed E-state index contributed by atoms with van der Waals surface area (Å²) < 4.78 is 0. The molecule has 0 aliphatic carbocycles. The third-order valence-corrected chi connectivity index (χ3v) is 4.47. The lowest BCUT2D eigenvalue weighted by molar-refractivity contribution is 0.207. The Kier molecular flexibility index (Phi) is 4.89. The van der Waals surface area contributed by atoms with E-state index in [1.165, 1.54) is 12.0 Å². The lowest BCUT2D eigenvalue weighted by Gasteiger charge is -2.38.